The zero-order valence-electron chi connectivity index (χ0n) is 19.5. The summed E-state index contributed by atoms with van der Waals surface area (Å²) in [6, 6.07) is 7.78. The Hall–Kier alpha value is -4.82. The van der Waals surface area contributed by atoms with Crippen molar-refractivity contribution in [3.63, 3.8) is 0 Å². The number of benzene rings is 2. The molecule has 4 rings (SSSR count). The van der Waals surface area contributed by atoms with Crippen molar-refractivity contribution in [2.24, 2.45) is 12.0 Å². The van der Waals surface area contributed by atoms with Gasteiger partial charge >= 0.3 is 6.18 Å². The van der Waals surface area contributed by atoms with Gasteiger partial charge in [0, 0.05) is 37.0 Å². The maximum Gasteiger partial charge on any atom is 0.435 e. The lowest BCUT2D eigenvalue weighted by Gasteiger charge is -2.12. The van der Waals surface area contributed by atoms with Gasteiger partial charge in [0.1, 0.15) is 29.0 Å². The molecule has 198 valence electrons. The number of carbonyl (C=O) groups is 1. The molecule has 0 aliphatic heterocycles. The van der Waals surface area contributed by atoms with E-state index in [1.165, 1.54) is 32.4 Å². The number of aliphatic imine (C=N–C) groups is 1. The van der Waals surface area contributed by atoms with E-state index < -0.39 is 46.8 Å². The van der Waals surface area contributed by atoms with E-state index >= 15 is 0 Å². The van der Waals surface area contributed by atoms with E-state index in [1.807, 2.05) is 0 Å². The number of halogens is 6. The molecule has 38 heavy (non-hydrogen) atoms. The van der Waals surface area contributed by atoms with Crippen LogP contribution in [0.15, 0.2) is 53.7 Å². The van der Waals surface area contributed by atoms with Crippen LogP contribution in [0.25, 0.3) is 11.3 Å². The van der Waals surface area contributed by atoms with Crippen LogP contribution in [-0.4, -0.2) is 39.0 Å². The molecule has 0 spiro atoms. The van der Waals surface area contributed by atoms with Crippen LogP contribution in [0.5, 0.6) is 5.75 Å². The third kappa shape index (κ3) is 5.77. The predicted molar refractivity (Wildman–Crippen MR) is 124 cm³/mol. The van der Waals surface area contributed by atoms with Crippen molar-refractivity contribution in [1.29, 1.82) is 0 Å². The summed E-state index contributed by atoms with van der Waals surface area (Å²) in [5.41, 5.74) is -2.51. The number of hydrogen-bond acceptors (Lipinski definition) is 4. The summed E-state index contributed by atoms with van der Waals surface area (Å²) in [6.07, 6.45) is -4.13. The molecule has 0 unspecified atom stereocenters. The number of aryl methyl sites for hydroxylation is 1. The van der Waals surface area contributed by atoms with Gasteiger partial charge in [0.15, 0.2) is 5.69 Å². The molecule has 0 fully saturated rings. The molecular weight excluding hydrogens is 520 g/mol. The van der Waals surface area contributed by atoms with Gasteiger partial charge in [0.05, 0.1) is 24.1 Å². The van der Waals surface area contributed by atoms with Crippen LogP contribution in [-0.2, 0) is 13.2 Å². The number of nitrogens with one attached hydrogen (secondary N) is 3. The Kier molecular flexibility index (Phi) is 7.10. The van der Waals surface area contributed by atoms with Crippen molar-refractivity contribution in [3.8, 4) is 17.0 Å². The van der Waals surface area contributed by atoms with Gasteiger partial charge in [-0.15, -0.1) is 0 Å². The lowest BCUT2D eigenvalue weighted by atomic mass is 10.1. The summed E-state index contributed by atoms with van der Waals surface area (Å²) in [6.45, 7) is 0. The molecule has 4 aromatic rings. The molecule has 15 heteroatoms. The predicted octanol–water partition coefficient (Wildman–Crippen LogP) is 4.98. The average Bonchev–Trinajstić information content (AvgIpc) is 3.47. The molecule has 0 saturated carbocycles. The Morgan fingerprint density at radius 1 is 1.05 bits per heavy atom. The number of rotatable bonds is 5. The fourth-order valence-electron chi connectivity index (χ4n) is 3.30. The summed E-state index contributed by atoms with van der Waals surface area (Å²) in [5, 5.41) is 14.7. The fourth-order valence-corrected chi connectivity index (χ4v) is 3.30. The lowest BCUT2D eigenvalue weighted by Crippen LogP contribution is -2.25. The SMILES string of the molecule is COc1ccc(-c2cc(N/C(=N/C(=O)c3cn(C)nc3C(F)(F)F)Nc3ccc(F)cc3F)[nH]n2)c(F)c1. The molecule has 0 saturated heterocycles. The molecule has 9 nitrogen and oxygen atoms in total. The number of ether oxygens (including phenoxy) is 1. The number of methoxy groups -OCH3 is 1. The number of anilines is 2. The van der Waals surface area contributed by atoms with Crippen LogP contribution in [0, 0.1) is 17.5 Å². The van der Waals surface area contributed by atoms with Crippen LogP contribution < -0.4 is 15.4 Å². The van der Waals surface area contributed by atoms with E-state index in [-0.39, 0.29) is 28.5 Å². The van der Waals surface area contributed by atoms with Crippen molar-refractivity contribution >= 4 is 23.4 Å². The van der Waals surface area contributed by atoms with Crippen LogP contribution in [0.1, 0.15) is 16.1 Å². The summed E-state index contributed by atoms with van der Waals surface area (Å²) in [7, 11) is 2.55. The Bertz CT molecular complexity index is 1530. The molecule has 0 bridgehead atoms. The molecule has 1 amide bonds. The van der Waals surface area contributed by atoms with E-state index in [4.69, 9.17) is 4.74 Å². The van der Waals surface area contributed by atoms with Crippen molar-refractivity contribution in [3.05, 3.63) is 77.4 Å². The monoisotopic (exact) mass is 537 g/mol. The number of aromatic amines is 1. The van der Waals surface area contributed by atoms with Crippen LogP contribution in [0.3, 0.4) is 0 Å². The second-order valence-electron chi connectivity index (χ2n) is 7.72. The number of guanidine groups is 1. The number of nitrogens with zero attached hydrogens (tertiary/aromatic N) is 4. The second-order valence-corrected chi connectivity index (χ2v) is 7.72. The summed E-state index contributed by atoms with van der Waals surface area (Å²) in [4.78, 5) is 16.3. The van der Waals surface area contributed by atoms with Crippen LogP contribution in [0.2, 0.25) is 0 Å². The highest BCUT2D eigenvalue weighted by atomic mass is 19.4. The zero-order chi connectivity index (χ0) is 27.6. The minimum Gasteiger partial charge on any atom is -0.497 e. The third-order valence-corrected chi connectivity index (χ3v) is 5.01. The lowest BCUT2D eigenvalue weighted by molar-refractivity contribution is -0.141. The van der Waals surface area contributed by atoms with Crippen LogP contribution in [0.4, 0.5) is 37.8 Å². The molecular formula is C23H17F6N7O2. The first-order chi connectivity index (χ1) is 17.9. The van der Waals surface area contributed by atoms with Crippen molar-refractivity contribution < 1.29 is 35.9 Å². The van der Waals surface area contributed by atoms with E-state index in [1.54, 1.807) is 0 Å². The normalized spacial score (nSPS) is 11.9. The topological polar surface area (TPSA) is 109 Å². The molecule has 2 heterocycles. The van der Waals surface area contributed by atoms with Gasteiger partial charge < -0.3 is 15.4 Å². The summed E-state index contributed by atoms with van der Waals surface area (Å²) < 4.78 is 87.8. The maximum atomic E-state index is 14.4. The highest BCUT2D eigenvalue weighted by Crippen LogP contribution is 2.31. The number of hydrogen-bond donors (Lipinski definition) is 3. The highest BCUT2D eigenvalue weighted by molar-refractivity contribution is 6.12. The van der Waals surface area contributed by atoms with Crippen molar-refractivity contribution in [2.45, 2.75) is 6.18 Å². The minimum atomic E-state index is -4.95. The Labute approximate surface area is 210 Å². The number of aromatic nitrogens is 4. The molecule has 0 aliphatic rings. The van der Waals surface area contributed by atoms with E-state index in [0.29, 0.717) is 6.07 Å². The first-order valence-corrected chi connectivity index (χ1v) is 10.6. The molecule has 2 aromatic heterocycles. The van der Waals surface area contributed by atoms with Gasteiger partial charge in [0.2, 0.25) is 5.96 Å². The van der Waals surface area contributed by atoms with E-state index in [9.17, 15) is 31.1 Å². The second kappa shape index (κ2) is 10.3. The summed E-state index contributed by atoms with van der Waals surface area (Å²) >= 11 is 0. The number of amides is 1. The van der Waals surface area contributed by atoms with Gasteiger partial charge in [-0.1, -0.05) is 0 Å². The number of H-pyrrole nitrogens is 1. The Morgan fingerprint density at radius 2 is 1.82 bits per heavy atom. The van der Waals surface area contributed by atoms with Gasteiger partial charge in [-0.2, -0.15) is 28.4 Å². The quantitative estimate of drug-likeness (QED) is 0.188. The van der Waals surface area contributed by atoms with Gasteiger partial charge in [-0.3, -0.25) is 14.6 Å². The van der Waals surface area contributed by atoms with Gasteiger partial charge in [0.25, 0.3) is 5.91 Å². The first kappa shape index (κ1) is 26.2. The Morgan fingerprint density at radius 3 is 2.47 bits per heavy atom. The van der Waals surface area contributed by atoms with Crippen molar-refractivity contribution in [2.75, 3.05) is 17.7 Å². The molecule has 0 atom stereocenters. The smallest absolute Gasteiger partial charge is 0.435 e. The molecule has 3 N–H and O–H groups in total. The summed E-state index contributed by atoms with van der Waals surface area (Å²) in [5.74, 6) is -4.28. The number of carbonyl (C=O) groups excluding carboxylic acids is 1. The third-order valence-electron chi connectivity index (χ3n) is 5.01. The molecule has 2 aromatic carbocycles. The highest BCUT2D eigenvalue weighted by Gasteiger charge is 2.39. The maximum absolute atomic E-state index is 14.4. The van der Waals surface area contributed by atoms with E-state index in [0.717, 1.165) is 29.1 Å². The van der Waals surface area contributed by atoms with Gasteiger partial charge in [-0.25, -0.2) is 13.2 Å². The fraction of sp³-hybridized carbons (Fsp3) is 0.130. The zero-order valence-corrected chi connectivity index (χ0v) is 19.5. The number of alkyl halides is 3. The largest absolute Gasteiger partial charge is 0.497 e. The molecule has 0 radical (unpaired) electrons. The molecule has 0 aliphatic carbocycles. The van der Waals surface area contributed by atoms with Crippen LogP contribution >= 0.6 is 0 Å². The minimum absolute atomic E-state index is 0.000908. The first-order valence-electron chi connectivity index (χ1n) is 10.6. The van der Waals surface area contributed by atoms with Crippen molar-refractivity contribution in [1.82, 2.24) is 20.0 Å². The Balaban J connectivity index is 1.69. The standard InChI is InChI=1S/C23H17F6N7O2/c1-36-10-14(20(35-36)23(27,28)29)21(37)32-22(30-17-6-3-11(24)7-16(17)26)31-19-9-18(33-34-19)13-5-4-12(38-2)8-15(13)25/h3-10H,1-2H3,(H3,30,31,32,33,34,37). The van der Waals surface area contributed by atoms with E-state index in [2.05, 4.69) is 30.9 Å². The van der Waals surface area contributed by atoms with Gasteiger partial charge in [-0.05, 0) is 24.3 Å². The average molecular weight is 537 g/mol.